The Labute approximate surface area is 225 Å². The molecule has 0 saturated carbocycles. The van der Waals surface area contributed by atoms with E-state index in [-0.39, 0.29) is 22.8 Å². The first-order valence-corrected chi connectivity index (χ1v) is 12.9. The molecule has 1 fully saturated rings. The van der Waals surface area contributed by atoms with Gasteiger partial charge >= 0.3 is 5.97 Å². The zero-order chi connectivity index (χ0) is 27.5. The van der Waals surface area contributed by atoms with E-state index in [9.17, 15) is 19.5 Å². The number of carbonyl (C=O) groups excluding carboxylic acids is 1. The first-order valence-electron chi connectivity index (χ1n) is 12.9. The number of likely N-dealkylation sites (N-methyl/N-ethyl adjacent to an activating group) is 1. The molecule has 1 aliphatic heterocycles. The SMILES string of the molecule is CCc1ccc(-n2cc(C(=O)O)c(=O)c3cnc(Nc4ccc(CCN5CCN(C)C(=O)C5)cc4)nc32)cc1. The third-order valence-corrected chi connectivity index (χ3v) is 7.06. The number of nitrogens with one attached hydrogen (secondary N) is 1. The van der Waals surface area contributed by atoms with Gasteiger partial charge < -0.3 is 19.9 Å². The van der Waals surface area contributed by atoms with Crippen LogP contribution in [0.2, 0.25) is 0 Å². The average molecular weight is 527 g/mol. The Morgan fingerprint density at radius 2 is 1.74 bits per heavy atom. The molecule has 39 heavy (non-hydrogen) atoms. The third-order valence-electron chi connectivity index (χ3n) is 7.06. The van der Waals surface area contributed by atoms with Gasteiger partial charge in [-0.2, -0.15) is 4.98 Å². The predicted molar refractivity (Wildman–Crippen MR) is 149 cm³/mol. The summed E-state index contributed by atoms with van der Waals surface area (Å²) in [7, 11) is 1.83. The maximum atomic E-state index is 12.9. The van der Waals surface area contributed by atoms with Gasteiger partial charge in [0.1, 0.15) is 5.56 Å². The Balaban J connectivity index is 1.38. The quantitative estimate of drug-likeness (QED) is 0.359. The lowest BCUT2D eigenvalue weighted by atomic mass is 10.1. The van der Waals surface area contributed by atoms with Crippen molar-refractivity contribution in [2.75, 3.05) is 38.5 Å². The maximum Gasteiger partial charge on any atom is 0.341 e. The second-order valence-electron chi connectivity index (χ2n) is 9.66. The van der Waals surface area contributed by atoms with Crippen LogP contribution in [-0.4, -0.2) is 74.5 Å². The van der Waals surface area contributed by atoms with Gasteiger partial charge in [0.2, 0.25) is 17.3 Å². The second kappa shape index (κ2) is 11.0. The van der Waals surface area contributed by atoms with Crippen molar-refractivity contribution in [2.45, 2.75) is 19.8 Å². The minimum Gasteiger partial charge on any atom is -0.477 e. The van der Waals surface area contributed by atoms with E-state index in [1.807, 2.05) is 55.6 Å². The largest absolute Gasteiger partial charge is 0.477 e. The summed E-state index contributed by atoms with van der Waals surface area (Å²) < 4.78 is 1.61. The van der Waals surface area contributed by atoms with Crippen LogP contribution < -0.4 is 10.7 Å². The number of amides is 1. The van der Waals surface area contributed by atoms with E-state index in [4.69, 9.17) is 0 Å². The van der Waals surface area contributed by atoms with E-state index in [0.717, 1.165) is 49.3 Å². The lowest BCUT2D eigenvalue weighted by Crippen LogP contribution is -2.48. The number of aromatic carboxylic acids is 1. The highest BCUT2D eigenvalue weighted by atomic mass is 16.4. The zero-order valence-electron chi connectivity index (χ0n) is 21.9. The van der Waals surface area contributed by atoms with E-state index < -0.39 is 11.4 Å². The van der Waals surface area contributed by atoms with Crippen molar-refractivity contribution in [1.82, 2.24) is 24.3 Å². The molecule has 2 aromatic carbocycles. The number of hydrogen-bond acceptors (Lipinski definition) is 7. The topological polar surface area (TPSA) is 121 Å². The van der Waals surface area contributed by atoms with Gasteiger partial charge in [0, 0.05) is 50.5 Å². The Morgan fingerprint density at radius 1 is 1.03 bits per heavy atom. The molecule has 0 atom stereocenters. The monoisotopic (exact) mass is 526 g/mol. The number of carboxylic acids is 1. The molecule has 10 heteroatoms. The normalized spacial score (nSPS) is 14.1. The van der Waals surface area contributed by atoms with Crippen LogP contribution in [0.5, 0.6) is 0 Å². The van der Waals surface area contributed by atoms with E-state index in [1.165, 1.54) is 12.4 Å². The van der Waals surface area contributed by atoms with Crippen molar-refractivity contribution in [1.29, 1.82) is 0 Å². The number of carbonyl (C=O) groups is 2. The number of hydrogen-bond donors (Lipinski definition) is 2. The molecular weight excluding hydrogens is 496 g/mol. The molecule has 200 valence electrons. The highest BCUT2D eigenvalue weighted by Gasteiger charge is 2.20. The fourth-order valence-corrected chi connectivity index (χ4v) is 4.58. The summed E-state index contributed by atoms with van der Waals surface area (Å²) in [6.45, 7) is 4.96. The van der Waals surface area contributed by atoms with Gasteiger partial charge in [-0.25, -0.2) is 9.78 Å². The smallest absolute Gasteiger partial charge is 0.341 e. The van der Waals surface area contributed by atoms with E-state index in [2.05, 4.69) is 27.1 Å². The number of piperazine rings is 1. The van der Waals surface area contributed by atoms with Crippen LogP contribution in [0.25, 0.3) is 16.7 Å². The predicted octanol–water partition coefficient (Wildman–Crippen LogP) is 3.10. The Bertz CT molecular complexity index is 1580. The highest BCUT2D eigenvalue weighted by molar-refractivity contribution is 5.92. The van der Waals surface area contributed by atoms with Gasteiger partial charge in [-0.3, -0.25) is 14.5 Å². The van der Waals surface area contributed by atoms with E-state index in [0.29, 0.717) is 17.9 Å². The minimum atomic E-state index is -1.30. The number of pyridine rings is 1. The van der Waals surface area contributed by atoms with Crippen molar-refractivity contribution < 1.29 is 14.7 Å². The number of nitrogens with zero attached hydrogens (tertiary/aromatic N) is 5. The van der Waals surface area contributed by atoms with Crippen LogP contribution in [0, 0.1) is 0 Å². The fraction of sp³-hybridized carbons (Fsp3) is 0.276. The molecule has 1 aliphatic rings. The first kappa shape index (κ1) is 26.1. The molecule has 0 bridgehead atoms. The summed E-state index contributed by atoms with van der Waals surface area (Å²) in [4.78, 5) is 49.4. The number of rotatable bonds is 8. The number of aromatic nitrogens is 3. The van der Waals surface area contributed by atoms with Crippen LogP contribution in [0.3, 0.4) is 0 Å². The summed E-state index contributed by atoms with van der Waals surface area (Å²) in [5.41, 5.74) is 3.09. The van der Waals surface area contributed by atoms with Gasteiger partial charge in [0.25, 0.3) is 0 Å². The molecule has 0 unspecified atom stereocenters. The summed E-state index contributed by atoms with van der Waals surface area (Å²) >= 11 is 0. The van der Waals surface area contributed by atoms with E-state index in [1.54, 1.807) is 9.47 Å². The Morgan fingerprint density at radius 3 is 2.41 bits per heavy atom. The van der Waals surface area contributed by atoms with Crippen LogP contribution in [-0.2, 0) is 17.6 Å². The van der Waals surface area contributed by atoms with E-state index >= 15 is 0 Å². The highest BCUT2D eigenvalue weighted by Crippen LogP contribution is 2.20. The van der Waals surface area contributed by atoms with Crippen molar-refractivity contribution in [3.8, 4) is 5.69 Å². The summed E-state index contributed by atoms with van der Waals surface area (Å²) in [5, 5.41) is 12.9. The van der Waals surface area contributed by atoms with Gasteiger partial charge in [-0.1, -0.05) is 31.2 Å². The molecule has 10 nitrogen and oxygen atoms in total. The van der Waals surface area contributed by atoms with Gasteiger partial charge in [0.05, 0.1) is 11.9 Å². The summed E-state index contributed by atoms with van der Waals surface area (Å²) in [6, 6.07) is 15.6. The number of aryl methyl sites for hydroxylation is 1. The molecule has 2 N–H and O–H groups in total. The van der Waals surface area contributed by atoms with Crippen LogP contribution >= 0.6 is 0 Å². The molecule has 2 aromatic heterocycles. The molecule has 1 amide bonds. The summed E-state index contributed by atoms with van der Waals surface area (Å²) in [5.74, 6) is -0.867. The molecule has 4 aromatic rings. The molecule has 5 rings (SSSR count). The van der Waals surface area contributed by atoms with Crippen LogP contribution in [0.4, 0.5) is 11.6 Å². The number of anilines is 2. The minimum absolute atomic E-state index is 0.123. The lowest BCUT2D eigenvalue weighted by Gasteiger charge is -2.31. The van der Waals surface area contributed by atoms with Gasteiger partial charge in [-0.15, -0.1) is 0 Å². The second-order valence-corrected chi connectivity index (χ2v) is 9.66. The molecule has 1 saturated heterocycles. The maximum absolute atomic E-state index is 12.9. The lowest BCUT2D eigenvalue weighted by molar-refractivity contribution is -0.134. The molecule has 0 aliphatic carbocycles. The molecular formula is C29H30N6O4. The first-order chi connectivity index (χ1) is 18.8. The van der Waals surface area contributed by atoms with Crippen LogP contribution in [0.15, 0.2) is 65.7 Å². The standard InChI is InChI=1S/C29H30N6O4/c1-3-19-6-10-22(11-7-19)35-17-24(28(38)39)26(37)23-16-30-29(32-27(23)35)31-21-8-4-20(5-9-21)12-13-34-15-14-33(2)25(36)18-34/h4-11,16-17H,3,12-15,18H2,1-2H3,(H,38,39)(H,30,31,32). The van der Waals surface area contributed by atoms with Crippen molar-refractivity contribution >= 4 is 34.5 Å². The van der Waals surface area contributed by atoms with Gasteiger partial charge in [0.15, 0.2) is 5.65 Å². The number of carboxylic acid groups (broad SMARTS) is 1. The Hall–Kier alpha value is -4.57. The molecule has 3 heterocycles. The molecule has 0 spiro atoms. The van der Waals surface area contributed by atoms with Crippen molar-refractivity contribution in [3.63, 3.8) is 0 Å². The average Bonchev–Trinajstić information content (AvgIpc) is 2.94. The summed E-state index contributed by atoms with van der Waals surface area (Å²) in [6.07, 6.45) is 4.38. The zero-order valence-corrected chi connectivity index (χ0v) is 21.9. The van der Waals surface area contributed by atoms with Crippen molar-refractivity contribution in [3.05, 3.63) is 87.8 Å². The third kappa shape index (κ3) is 5.65. The van der Waals surface area contributed by atoms with Crippen LogP contribution in [0.1, 0.15) is 28.4 Å². The van der Waals surface area contributed by atoms with Gasteiger partial charge in [-0.05, 0) is 48.2 Å². The fourth-order valence-electron chi connectivity index (χ4n) is 4.58. The Kier molecular flexibility index (Phi) is 7.38. The number of benzene rings is 2. The van der Waals surface area contributed by atoms with Crippen molar-refractivity contribution in [2.24, 2.45) is 0 Å². The number of fused-ring (bicyclic) bond motifs is 1. The molecule has 0 radical (unpaired) electrons.